The molecule has 0 aromatic heterocycles. The van der Waals surface area contributed by atoms with Crippen molar-refractivity contribution in [1.82, 2.24) is 9.80 Å². The van der Waals surface area contributed by atoms with Gasteiger partial charge in [-0.15, -0.1) is 0 Å². The van der Waals surface area contributed by atoms with Crippen LogP contribution in [0.4, 0.5) is 4.79 Å². The molecule has 1 N–H and O–H groups in total. The molecule has 0 aromatic rings. The molecular formula is C9H18N2O3. The van der Waals surface area contributed by atoms with E-state index in [4.69, 9.17) is 5.11 Å². The molecule has 0 saturated carbocycles. The fraction of sp³-hybridized carbons (Fsp3) is 0.889. The normalized spacial score (nSPS) is 17.0. The number of nitrogens with zero attached hydrogens (tertiary/aromatic N) is 2. The molecule has 0 bridgehead atoms. The van der Waals surface area contributed by atoms with E-state index in [0.717, 1.165) is 19.6 Å². The van der Waals surface area contributed by atoms with Crippen molar-refractivity contribution in [1.29, 1.82) is 0 Å². The molecule has 5 heteroatoms. The number of amides is 1. The van der Waals surface area contributed by atoms with Gasteiger partial charge in [-0.05, 0) is 7.05 Å². The maximum absolute atomic E-state index is 11.0. The number of hydrogen-bond donors (Lipinski definition) is 1. The summed E-state index contributed by atoms with van der Waals surface area (Å²) in [5.41, 5.74) is 0. The van der Waals surface area contributed by atoms with E-state index in [9.17, 15) is 4.79 Å². The van der Waals surface area contributed by atoms with Crippen molar-refractivity contribution in [3.8, 4) is 0 Å². The van der Waals surface area contributed by atoms with Crippen LogP contribution in [0.5, 0.6) is 0 Å². The van der Waals surface area contributed by atoms with E-state index in [1.54, 1.807) is 4.90 Å². The van der Waals surface area contributed by atoms with Crippen LogP contribution in [-0.4, -0.2) is 67.9 Å². The average molecular weight is 202 g/mol. The van der Waals surface area contributed by atoms with Gasteiger partial charge in [-0.2, -0.15) is 0 Å². The predicted molar refractivity (Wildman–Crippen MR) is 52.1 cm³/mol. The minimum Gasteiger partial charge on any atom is -0.453 e. The molecule has 82 valence electrons. The number of likely N-dealkylation sites (tertiary alicyclic amines) is 1. The Hall–Kier alpha value is -0.810. The van der Waals surface area contributed by atoms with Crippen molar-refractivity contribution < 1.29 is 14.6 Å². The topological polar surface area (TPSA) is 53.0 Å². The van der Waals surface area contributed by atoms with Crippen molar-refractivity contribution in [2.45, 2.75) is 0 Å². The highest BCUT2D eigenvalue weighted by atomic mass is 16.5. The van der Waals surface area contributed by atoms with Gasteiger partial charge < -0.3 is 19.6 Å². The summed E-state index contributed by atoms with van der Waals surface area (Å²) in [5.74, 6) is 0.519. The zero-order chi connectivity index (χ0) is 10.6. The fourth-order valence-electron chi connectivity index (χ4n) is 1.67. The Morgan fingerprint density at radius 3 is 2.79 bits per heavy atom. The van der Waals surface area contributed by atoms with Crippen LogP contribution < -0.4 is 0 Å². The number of likely N-dealkylation sites (N-methyl/N-ethyl adjacent to an activating group) is 1. The van der Waals surface area contributed by atoms with Gasteiger partial charge in [0.2, 0.25) is 0 Å². The van der Waals surface area contributed by atoms with Crippen LogP contribution in [0.15, 0.2) is 0 Å². The second-order valence-corrected chi connectivity index (χ2v) is 3.73. The monoisotopic (exact) mass is 202 g/mol. The number of ether oxygens (including phenoxy) is 1. The summed E-state index contributed by atoms with van der Waals surface area (Å²) in [4.78, 5) is 14.7. The van der Waals surface area contributed by atoms with Gasteiger partial charge in [-0.25, -0.2) is 4.79 Å². The highest BCUT2D eigenvalue weighted by Gasteiger charge is 2.31. The lowest BCUT2D eigenvalue weighted by Crippen LogP contribution is -2.53. The van der Waals surface area contributed by atoms with Gasteiger partial charge in [0, 0.05) is 32.1 Å². The van der Waals surface area contributed by atoms with Crippen molar-refractivity contribution in [2.24, 2.45) is 5.92 Å². The van der Waals surface area contributed by atoms with Crippen LogP contribution >= 0.6 is 0 Å². The molecule has 0 atom stereocenters. The van der Waals surface area contributed by atoms with Crippen molar-refractivity contribution >= 4 is 6.09 Å². The van der Waals surface area contributed by atoms with Gasteiger partial charge in [0.15, 0.2) is 0 Å². The molecule has 14 heavy (non-hydrogen) atoms. The first-order valence-electron chi connectivity index (χ1n) is 4.79. The molecule has 1 saturated heterocycles. The molecule has 5 nitrogen and oxygen atoms in total. The van der Waals surface area contributed by atoms with E-state index < -0.39 is 0 Å². The Kier molecular flexibility index (Phi) is 4.16. The summed E-state index contributed by atoms with van der Waals surface area (Å²) in [6.45, 7) is 3.33. The number of aliphatic hydroxyl groups is 1. The maximum Gasteiger partial charge on any atom is 0.409 e. The number of carbonyl (C=O) groups excluding carboxylic acids is 1. The zero-order valence-electron chi connectivity index (χ0n) is 8.77. The second-order valence-electron chi connectivity index (χ2n) is 3.73. The third kappa shape index (κ3) is 2.85. The summed E-state index contributed by atoms with van der Waals surface area (Å²) in [5, 5.41) is 8.69. The van der Waals surface area contributed by atoms with Crippen LogP contribution in [0.1, 0.15) is 0 Å². The summed E-state index contributed by atoms with van der Waals surface area (Å²) in [7, 11) is 3.37. The van der Waals surface area contributed by atoms with Crippen molar-refractivity contribution in [3.05, 3.63) is 0 Å². The van der Waals surface area contributed by atoms with Crippen LogP contribution in [0.3, 0.4) is 0 Å². The Morgan fingerprint density at radius 2 is 2.29 bits per heavy atom. The summed E-state index contributed by atoms with van der Waals surface area (Å²) in [6, 6.07) is 0. The van der Waals surface area contributed by atoms with E-state index in [0.29, 0.717) is 12.5 Å². The Morgan fingerprint density at radius 1 is 1.64 bits per heavy atom. The van der Waals surface area contributed by atoms with Gasteiger partial charge >= 0.3 is 6.09 Å². The van der Waals surface area contributed by atoms with E-state index in [2.05, 4.69) is 9.64 Å². The molecule has 1 amide bonds. The molecule has 0 unspecified atom stereocenters. The minimum absolute atomic E-state index is 0.184. The van der Waals surface area contributed by atoms with Gasteiger partial charge in [-0.3, -0.25) is 0 Å². The minimum atomic E-state index is -0.244. The van der Waals surface area contributed by atoms with Gasteiger partial charge in [0.05, 0.1) is 13.7 Å². The number of methoxy groups -OCH3 is 1. The Bertz CT molecular complexity index is 192. The smallest absolute Gasteiger partial charge is 0.409 e. The number of hydrogen-bond acceptors (Lipinski definition) is 4. The Balaban J connectivity index is 2.12. The highest BCUT2D eigenvalue weighted by molar-refractivity contribution is 5.68. The quantitative estimate of drug-likeness (QED) is 0.674. The summed E-state index contributed by atoms with van der Waals surface area (Å²) < 4.78 is 4.59. The number of aliphatic hydroxyl groups excluding tert-OH is 1. The number of rotatable bonds is 4. The molecule has 0 aromatic carbocycles. The van der Waals surface area contributed by atoms with Crippen molar-refractivity contribution in [2.75, 3.05) is 46.9 Å². The SMILES string of the molecule is COC(=O)N1CC(CN(C)CCO)C1. The molecule has 0 spiro atoms. The van der Waals surface area contributed by atoms with E-state index >= 15 is 0 Å². The maximum atomic E-state index is 11.0. The summed E-state index contributed by atoms with van der Waals surface area (Å²) >= 11 is 0. The first kappa shape index (κ1) is 11.3. The molecule has 1 fully saturated rings. The molecular weight excluding hydrogens is 184 g/mol. The third-order valence-electron chi connectivity index (χ3n) is 2.44. The Labute approximate surface area is 84.2 Å². The molecule has 1 rings (SSSR count). The molecule has 0 aliphatic carbocycles. The second kappa shape index (κ2) is 5.17. The van der Waals surface area contributed by atoms with Crippen LogP contribution in [-0.2, 0) is 4.74 Å². The molecule has 1 aliphatic rings. The fourth-order valence-corrected chi connectivity index (χ4v) is 1.67. The highest BCUT2D eigenvalue weighted by Crippen LogP contribution is 2.16. The van der Waals surface area contributed by atoms with Crippen LogP contribution in [0, 0.1) is 5.92 Å². The first-order valence-corrected chi connectivity index (χ1v) is 4.79. The standard InChI is InChI=1S/C9H18N2O3/c1-10(3-4-12)5-8-6-11(7-8)9(13)14-2/h8,12H,3-7H2,1-2H3. The van der Waals surface area contributed by atoms with E-state index in [1.807, 2.05) is 7.05 Å². The molecule has 1 heterocycles. The average Bonchev–Trinajstić information content (AvgIpc) is 2.10. The summed E-state index contributed by atoms with van der Waals surface area (Å²) in [6.07, 6.45) is -0.244. The van der Waals surface area contributed by atoms with E-state index in [-0.39, 0.29) is 12.7 Å². The van der Waals surface area contributed by atoms with Crippen LogP contribution in [0.2, 0.25) is 0 Å². The lowest BCUT2D eigenvalue weighted by atomic mass is 10.0. The zero-order valence-corrected chi connectivity index (χ0v) is 8.77. The predicted octanol–water partition coefficient (Wildman–Crippen LogP) is -0.391. The van der Waals surface area contributed by atoms with Gasteiger partial charge in [0.25, 0.3) is 0 Å². The first-order chi connectivity index (χ1) is 6.67. The van der Waals surface area contributed by atoms with Crippen molar-refractivity contribution in [3.63, 3.8) is 0 Å². The van der Waals surface area contributed by atoms with Gasteiger partial charge in [0.1, 0.15) is 0 Å². The number of carbonyl (C=O) groups is 1. The third-order valence-corrected chi connectivity index (χ3v) is 2.44. The largest absolute Gasteiger partial charge is 0.453 e. The van der Waals surface area contributed by atoms with Gasteiger partial charge in [-0.1, -0.05) is 0 Å². The van der Waals surface area contributed by atoms with E-state index in [1.165, 1.54) is 7.11 Å². The van der Waals surface area contributed by atoms with Crippen LogP contribution in [0.25, 0.3) is 0 Å². The molecule has 0 radical (unpaired) electrons. The lowest BCUT2D eigenvalue weighted by molar-refractivity contribution is 0.0528. The molecule has 1 aliphatic heterocycles. The lowest BCUT2D eigenvalue weighted by Gasteiger charge is -2.39.